The lowest BCUT2D eigenvalue weighted by molar-refractivity contribution is -0.136. The smallest absolute Gasteiger partial charge is 0.338 e. The van der Waals surface area contributed by atoms with Gasteiger partial charge >= 0.3 is 5.97 Å². The molecule has 0 saturated carbocycles. The molecule has 0 amide bonds. The molecule has 1 atom stereocenters. The highest BCUT2D eigenvalue weighted by Crippen LogP contribution is 2.44. The SMILES string of the molecule is COC(=O)C1=C(C)Nc2nnnn2[C@H]1c1cc(Br)cc(OC)c1OC. The standard InChI is InChI=1S/C15H16BrN5O4/c1-7-11(14(22)25-4)12(21-15(17-7)18-19-20-21)9-5-8(16)6-10(23-2)13(9)24-3/h5-6,12H,1-4H3,(H,17,18,20)/t12-/m0/s1. The summed E-state index contributed by atoms with van der Waals surface area (Å²) < 4.78 is 18.2. The number of fused-ring (bicyclic) bond motifs is 1. The molecule has 1 N–H and O–H groups in total. The molecule has 3 rings (SSSR count). The minimum atomic E-state index is -0.639. The van der Waals surface area contributed by atoms with Crippen molar-refractivity contribution in [1.82, 2.24) is 20.2 Å². The fraction of sp³-hybridized carbons (Fsp3) is 0.333. The summed E-state index contributed by atoms with van der Waals surface area (Å²) in [4.78, 5) is 12.4. The number of methoxy groups -OCH3 is 3. The highest BCUT2D eigenvalue weighted by molar-refractivity contribution is 9.10. The van der Waals surface area contributed by atoms with E-state index < -0.39 is 12.0 Å². The van der Waals surface area contributed by atoms with Gasteiger partial charge in [-0.05, 0) is 29.5 Å². The number of ether oxygens (including phenoxy) is 3. The number of nitrogens with one attached hydrogen (secondary N) is 1. The van der Waals surface area contributed by atoms with Gasteiger partial charge in [0.05, 0.1) is 26.9 Å². The predicted octanol–water partition coefficient (Wildman–Crippen LogP) is 1.91. The number of allylic oxidation sites excluding steroid dienone is 1. The molecule has 0 unspecified atom stereocenters. The van der Waals surface area contributed by atoms with Crippen LogP contribution >= 0.6 is 15.9 Å². The second kappa shape index (κ2) is 6.71. The highest BCUT2D eigenvalue weighted by Gasteiger charge is 2.37. The third-order valence-electron chi connectivity index (χ3n) is 3.89. The van der Waals surface area contributed by atoms with E-state index in [1.54, 1.807) is 20.1 Å². The zero-order valence-corrected chi connectivity index (χ0v) is 15.6. The van der Waals surface area contributed by atoms with Crippen LogP contribution in [0, 0.1) is 0 Å². The van der Waals surface area contributed by atoms with Crippen LogP contribution in [0.3, 0.4) is 0 Å². The summed E-state index contributed by atoms with van der Waals surface area (Å²) in [6.07, 6.45) is 0. The number of hydrogen-bond donors (Lipinski definition) is 1. The van der Waals surface area contributed by atoms with Crippen LogP contribution in [0.25, 0.3) is 0 Å². The first-order chi connectivity index (χ1) is 12.0. The average molecular weight is 410 g/mol. The largest absolute Gasteiger partial charge is 0.493 e. The molecule has 0 saturated heterocycles. The van der Waals surface area contributed by atoms with Gasteiger partial charge in [0.1, 0.15) is 6.04 Å². The Hall–Kier alpha value is -2.62. The van der Waals surface area contributed by atoms with Gasteiger partial charge < -0.3 is 19.5 Å². The number of esters is 1. The van der Waals surface area contributed by atoms with Gasteiger partial charge in [0.15, 0.2) is 11.5 Å². The Bertz CT molecular complexity index is 864. The van der Waals surface area contributed by atoms with Crippen molar-refractivity contribution in [2.75, 3.05) is 26.6 Å². The number of nitrogens with zero attached hydrogens (tertiary/aromatic N) is 4. The topological polar surface area (TPSA) is 100 Å². The molecule has 132 valence electrons. The van der Waals surface area contributed by atoms with Crippen molar-refractivity contribution in [3.63, 3.8) is 0 Å². The zero-order chi connectivity index (χ0) is 18.1. The third-order valence-corrected chi connectivity index (χ3v) is 4.34. The molecule has 1 aromatic heterocycles. The number of rotatable bonds is 4. The molecule has 0 spiro atoms. The molecular formula is C15H16BrN5O4. The van der Waals surface area contributed by atoms with Crippen LogP contribution < -0.4 is 14.8 Å². The summed E-state index contributed by atoms with van der Waals surface area (Å²) >= 11 is 3.46. The van der Waals surface area contributed by atoms with Gasteiger partial charge in [-0.3, -0.25) is 0 Å². The summed E-state index contributed by atoms with van der Waals surface area (Å²) in [7, 11) is 4.40. The van der Waals surface area contributed by atoms with E-state index in [2.05, 4.69) is 36.8 Å². The zero-order valence-electron chi connectivity index (χ0n) is 14.0. The van der Waals surface area contributed by atoms with Gasteiger partial charge in [0.25, 0.3) is 0 Å². The Morgan fingerprint density at radius 2 is 2.04 bits per heavy atom. The number of tetrazole rings is 1. The maximum absolute atomic E-state index is 12.4. The number of aromatic nitrogens is 4. The minimum absolute atomic E-state index is 0.376. The number of hydrogen-bond acceptors (Lipinski definition) is 8. The molecule has 1 aromatic carbocycles. The van der Waals surface area contributed by atoms with Gasteiger partial charge in [-0.2, -0.15) is 4.68 Å². The van der Waals surface area contributed by atoms with Crippen molar-refractivity contribution < 1.29 is 19.0 Å². The van der Waals surface area contributed by atoms with Gasteiger partial charge in [0.2, 0.25) is 5.95 Å². The minimum Gasteiger partial charge on any atom is -0.493 e. The summed E-state index contributed by atoms with van der Waals surface area (Å²) in [5.41, 5.74) is 1.63. The summed E-state index contributed by atoms with van der Waals surface area (Å²) in [6.45, 7) is 1.76. The molecule has 0 bridgehead atoms. The van der Waals surface area contributed by atoms with Crippen molar-refractivity contribution in [1.29, 1.82) is 0 Å². The molecule has 25 heavy (non-hydrogen) atoms. The predicted molar refractivity (Wildman–Crippen MR) is 91.5 cm³/mol. The van der Waals surface area contributed by atoms with Crippen LogP contribution in [-0.2, 0) is 9.53 Å². The Labute approximate surface area is 152 Å². The van der Waals surface area contributed by atoms with E-state index in [4.69, 9.17) is 14.2 Å². The quantitative estimate of drug-likeness (QED) is 0.764. The Morgan fingerprint density at radius 1 is 1.28 bits per heavy atom. The lowest BCUT2D eigenvalue weighted by Crippen LogP contribution is -2.29. The maximum Gasteiger partial charge on any atom is 0.338 e. The molecule has 10 heteroatoms. The summed E-state index contributed by atoms with van der Waals surface area (Å²) in [5.74, 6) is 0.920. The number of carbonyl (C=O) groups is 1. The second-order valence-electron chi connectivity index (χ2n) is 5.24. The first-order valence-electron chi connectivity index (χ1n) is 7.27. The van der Waals surface area contributed by atoms with E-state index in [9.17, 15) is 4.79 Å². The number of benzene rings is 1. The van der Waals surface area contributed by atoms with Crippen LogP contribution in [0.5, 0.6) is 11.5 Å². The molecule has 9 nitrogen and oxygen atoms in total. The Kier molecular flexibility index (Phi) is 4.62. The number of halogens is 1. The monoisotopic (exact) mass is 409 g/mol. The average Bonchev–Trinajstić information content (AvgIpc) is 3.06. The fourth-order valence-corrected chi connectivity index (χ4v) is 3.29. The van der Waals surface area contributed by atoms with E-state index >= 15 is 0 Å². The van der Waals surface area contributed by atoms with Crippen LogP contribution in [0.15, 0.2) is 27.9 Å². The van der Waals surface area contributed by atoms with E-state index in [1.165, 1.54) is 18.9 Å². The van der Waals surface area contributed by atoms with Crippen LogP contribution in [0.1, 0.15) is 18.5 Å². The molecule has 2 heterocycles. The lowest BCUT2D eigenvalue weighted by Gasteiger charge is -2.28. The molecular weight excluding hydrogens is 394 g/mol. The summed E-state index contributed by atoms with van der Waals surface area (Å²) in [5, 5.41) is 14.7. The van der Waals surface area contributed by atoms with Crippen LogP contribution in [0.2, 0.25) is 0 Å². The van der Waals surface area contributed by atoms with Gasteiger partial charge in [-0.25, -0.2) is 4.79 Å². The van der Waals surface area contributed by atoms with Gasteiger partial charge in [-0.15, -0.1) is 0 Å². The van der Waals surface area contributed by atoms with E-state index in [0.29, 0.717) is 34.3 Å². The number of anilines is 1. The Balaban J connectivity index is 2.30. The normalized spacial score (nSPS) is 16.1. The van der Waals surface area contributed by atoms with Gasteiger partial charge in [-0.1, -0.05) is 21.0 Å². The molecule has 0 aliphatic carbocycles. The molecule has 1 aliphatic rings. The maximum atomic E-state index is 12.4. The van der Waals surface area contributed by atoms with Crippen molar-refractivity contribution in [2.45, 2.75) is 13.0 Å². The Morgan fingerprint density at radius 3 is 2.68 bits per heavy atom. The molecule has 1 aliphatic heterocycles. The van der Waals surface area contributed by atoms with Crippen LogP contribution in [-0.4, -0.2) is 47.5 Å². The van der Waals surface area contributed by atoms with E-state index in [-0.39, 0.29) is 0 Å². The summed E-state index contributed by atoms with van der Waals surface area (Å²) in [6, 6.07) is 2.97. The first-order valence-corrected chi connectivity index (χ1v) is 8.06. The third kappa shape index (κ3) is 2.82. The highest BCUT2D eigenvalue weighted by atomic mass is 79.9. The molecule has 0 fully saturated rings. The first kappa shape index (κ1) is 17.2. The lowest BCUT2D eigenvalue weighted by atomic mass is 9.94. The van der Waals surface area contributed by atoms with Crippen molar-refractivity contribution in [3.05, 3.63) is 33.4 Å². The molecule has 2 aromatic rings. The number of carbonyl (C=O) groups excluding carboxylic acids is 1. The molecule has 0 radical (unpaired) electrons. The second-order valence-corrected chi connectivity index (χ2v) is 6.15. The van der Waals surface area contributed by atoms with Crippen molar-refractivity contribution in [3.8, 4) is 11.5 Å². The van der Waals surface area contributed by atoms with Crippen molar-refractivity contribution >= 4 is 27.8 Å². The fourth-order valence-electron chi connectivity index (χ4n) is 2.84. The van der Waals surface area contributed by atoms with E-state index in [1.807, 2.05) is 6.07 Å². The van der Waals surface area contributed by atoms with Crippen molar-refractivity contribution in [2.24, 2.45) is 0 Å². The van der Waals surface area contributed by atoms with E-state index in [0.717, 1.165) is 4.47 Å². The van der Waals surface area contributed by atoms with Crippen LogP contribution in [0.4, 0.5) is 5.95 Å². The van der Waals surface area contributed by atoms with Gasteiger partial charge in [0, 0.05) is 15.7 Å².